The SMILES string of the molecule is COCOC[C@@H]1CCCN1C(=O)C1=C(C)Nc2ccnn2C1c1ccc(Cl)c(Cl)c1. The number of hydrogen-bond donors (Lipinski definition) is 1. The molecular weight excluding hydrogens is 427 g/mol. The molecule has 0 saturated carbocycles. The number of ether oxygens (including phenoxy) is 2. The Kier molecular flexibility index (Phi) is 6.34. The standard InChI is InChI=1S/C21H24Cl2N4O3/c1-13-19(21(28)26-9-3-4-15(26)11-30-12-29-2)20(27-18(25-13)7-8-24-27)14-5-6-16(22)17(23)10-14/h5-8,10,15,20,25H,3-4,9,11-12H2,1-2H3/t15-,20?/m0/s1. The van der Waals surface area contributed by atoms with E-state index in [4.69, 9.17) is 32.7 Å². The molecule has 0 aliphatic carbocycles. The molecule has 160 valence electrons. The van der Waals surface area contributed by atoms with Crippen LogP contribution in [0.4, 0.5) is 5.82 Å². The molecular formula is C21H24Cl2N4O3. The number of carbonyl (C=O) groups is 1. The van der Waals surface area contributed by atoms with E-state index in [-0.39, 0.29) is 18.7 Å². The molecule has 2 aliphatic heterocycles. The predicted molar refractivity (Wildman–Crippen MR) is 116 cm³/mol. The normalized spacial score (nSPS) is 21.0. The highest BCUT2D eigenvalue weighted by Crippen LogP contribution is 2.39. The number of halogens is 2. The molecule has 1 unspecified atom stereocenters. The van der Waals surface area contributed by atoms with Crippen molar-refractivity contribution in [3.05, 3.63) is 57.3 Å². The van der Waals surface area contributed by atoms with Gasteiger partial charge in [0.15, 0.2) is 0 Å². The maximum Gasteiger partial charge on any atom is 0.254 e. The van der Waals surface area contributed by atoms with E-state index in [1.807, 2.05) is 28.6 Å². The third-order valence-corrected chi connectivity index (χ3v) is 6.29. The molecule has 1 amide bonds. The molecule has 1 saturated heterocycles. The average molecular weight is 451 g/mol. The molecule has 2 aliphatic rings. The van der Waals surface area contributed by atoms with Gasteiger partial charge in [-0.2, -0.15) is 5.10 Å². The van der Waals surface area contributed by atoms with Crippen LogP contribution in [0.5, 0.6) is 0 Å². The summed E-state index contributed by atoms with van der Waals surface area (Å²) in [7, 11) is 1.59. The van der Waals surface area contributed by atoms with E-state index in [1.165, 1.54) is 0 Å². The summed E-state index contributed by atoms with van der Waals surface area (Å²) in [5.41, 5.74) is 2.29. The second-order valence-corrected chi connectivity index (χ2v) is 8.29. The summed E-state index contributed by atoms with van der Waals surface area (Å²) < 4.78 is 12.3. The number of nitrogens with zero attached hydrogens (tertiary/aromatic N) is 3. The Hall–Kier alpha value is -2.06. The summed E-state index contributed by atoms with van der Waals surface area (Å²) in [6.45, 7) is 3.27. The Morgan fingerprint density at radius 2 is 2.13 bits per heavy atom. The van der Waals surface area contributed by atoms with Gasteiger partial charge in [0.25, 0.3) is 5.91 Å². The maximum atomic E-state index is 13.8. The molecule has 1 N–H and O–H groups in total. The number of methoxy groups -OCH3 is 1. The summed E-state index contributed by atoms with van der Waals surface area (Å²) in [5.74, 6) is 0.794. The molecule has 30 heavy (non-hydrogen) atoms. The fourth-order valence-corrected chi connectivity index (χ4v) is 4.48. The van der Waals surface area contributed by atoms with E-state index < -0.39 is 6.04 Å². The lowest BCUT2D eigenvalue weighted by molar-refractivity contribution is -0.130. The zero-order valence-electron chi connectivity index (χ0n) is 16.9. The molecule has 2 atom stereocenters. The van der Waals surface area contributed by atoms with Crippen LogP contribution in [-0.2, 0) is 14.3 Å². The van der Waals surface area contributed by atoms with Gasteiger partial charge in [0.2, 0.25) is 0 Å². The van der Waals surface area contributed by atoms with Gasteiger partial charge < -0.3 is 19.7 Å². The summed E-state index contributed by atoms with van der Waals surface area (Å²) in [6, 6.07) is 6.93. The quantitative estimate of drug-likeness (QED) is 0.530. The lowest BCUT2D eigenvalue weighted by Crippen LogP contribution is -2.42. The van der Waals surface area contributed by atoms with Crippen molar-refractivity contribution in [1.29, 1.82) is 0 Å². The smallest absolute Gasteiger partial charge is 0.254 e. The second kappa shape index (κ2) is 8.98. The number of hydrogen-bond acceptors (Lipinski definition) is 5. The van der Waals surface area contributed by atoms with E-state index in [1.54, 1.807) is 25.4 Å². The number of benzene rings is 1. The first-order valence-corrected chi connectivity index (χ1v) is 10.6. The largest absolute Gasteiger partial charge is 0.359 e. The zero-order chi connectivity index (χ0) is 21.3. The number of aromatic nitrogens is 2. The van der Waals surface area contributed by atoms with Gasteiger partial charge in [0.1, 0.15) is 18.7 Å². The van der Waals surface area contributed by atoms with Crippen molar-refractivity contribution in [2.45, 2.75) is 31.8 Å². The first kappa shape index (κ1) is 21.2. The van der Waals surface area contributed by atoms with Gasteiger partial charge in [-0.25, -0.2) is 4.68 Å². The highest BCUT2D eigenvalue weighted by atomic mass is 35.5. The fraction of sp³-hybridized carbons (Fsp3) is 0.429. The van der Waals surface area contributed by atoms with Crippen LogP contribution >= 0.6 is 23.2 Å². The number of anilines is 1. The van der Waals surface area contributed by atoms with Crippen molar-refractivity contribution in [2.75, 3.05) is 32.4 Å². The molecule has 4 rings (SSSR count). The molecule has 9 heteroatoms. The van der Waals surface area contributed by atoms with Gasteiger partial charge in [-0.15, -0.1) is 0 Å². The van der Waals surface area contributed by atoms with Gasteiger partial charge in [-0.3, -0.25) is 4.79 Å². The van der Waals surface area contributed by atoms with Crippen molar-refractivity contribution in [3.63, 3.8) is 0 Å². The number of amides is 1. The fourth-order valence-electron chi connectivity index (χ4n) is 4.17. The zero-order valence-corrected chi connectivity index (χ0v) is 18.4. The minimum Gasteiger partial charge on any atom is -0.359 e. The number of allylic oxidation sites excluding steroid dienone is 1. The van der Waals surface area contributed by atoms with Gasteiger partial charge in [-0.1, -0.05) is 29.3 Å². The highest BCUT2D eigenvalue weighted by molar-refractivity contribution is 6.42. The molecule has 2 aromatic rings. The van der Waals surface area contributed by atoms with Crippen molar-refractivity contribution < 1.29 is 14.3 Å². The van der Waals surface area contributed by atoms with Crippen molar-refractivity contribution in [1.82, 2.24) is 14.7 Å². The Bertz CT molecular complexity index is 975. The third kappa shape index (κ3) is 3.95. The number of carbonyl (C=O) groups excluding carboxylic acids is 1. The van der Waals surface area contributed by atoms with Crippen LogP contribution in [0.2, 0.25) is 10.0 Å². The number of fused-ring (bicyclic) bond motifs is 1. The van der Waals surface area contributed by atoms with E-state index in [0.29, 0.717) is 28.8 Å². The predicted octanol–water partition coefficient (Wildman–Crippen LogP) is 4.09. The van der Waals surface area contributed by atoms with Crippen LogP contribution in [0.1, 0.15) is 31.4 Å². The van der Waals surface area contributed by atoms with Crippen molar-refractivity contribution in [2.24, 2.45) is 0 Å². The molecule has 3 heterocycles. The molecule has 1 aromatic carbocycles. The van der Waals surface area contributed by atoms with Gasteiger partial charge in [0.05, 0.1) is 34.5 Å². The van der Waals surface area contributed by atoms with Crippen LogP contribution < -0.4 is 5.32 Å². The lowest BCUT2D eigenvalue weighted by Gasteiger charge is -2.33. The molecule has 0 radical (unpaired) electrons. The lowest BCUT2D eigenvalue weighted by atomic mass is 9.94. The van der Waals surface area contributed by atoms with Crippen LogP contribution in [-0.4, -0.2) is 53.7 Å². The molecule has 0 spiro atoms. The van der Waals surface area contributed by atoms with E-state index in [9.17, 15) is 4.79 Å². The van der Waals surface area contributed by atoms with E-state index in [2.05, 4.69) is 10.4 Å². The Balaban J connectivity index is 1.70. The Labute approximate surface area is 185 Å². The van der Waals surface area contributed by atoms with Crippen LogP contribution in [0.15, 0.2) is 41.7 Å². The highest BCUT2D eigenvalue weighted by Gasteiger charge is 2.38. The Morgan fingerprint density at radius 1 is 1.30 bits per heavy atom. The van der Waals surface area contributed by atoms with Crippen LogP contribution in [0.3, 0.4) is 0 Å². The van der Waals surface area contributed by atoms with Crippen LogP contribution in [0.25, 0.3) is 0 Å². The summed E-state index contributed by atoms with van der Waals surface area (Å²) in [5, 5.41) is 8.69. The summed E-state index contributed by atoms with van der Waals surface area (Å²) >= 11 is 12.4. The van der Waals surface area contributed by atoms with Gasteiger partial charge in [-0.05, 0) is 37.5 Å². The molecule has 7 nitrogen and oxygen atoms in total. The molecule has 1 fully saturated rings. The minimum atomic E-state index is -0.403. The maximum absolute atomic E-state index is 13.8. The first-order valence-electron chi connectivity index (χ1n) is 9.85. The molecule has 1 aromatic heterocycles. The monoisotopic (exact) mass is 450 g/mol. The van der Waals surface area contributed by atoms with Gasteiger partial charge >= 0.3 is 0 Å². The van der Waals surface area contributed by atoms with E-state index >= 15 is 0 Å². The van der Waals surface area contributed by atoms with Crippen molar-refractivity contribution >= 4 is 34.9 Å². The Morgan fingerprint density at radius 3 is 2.90 bits per heavy atom. The average Bonchev–Trinajstić information content (AvgIpc) is 3.38. The summed E-state index contributed by atoms with van der Waals surface area (Å²) in [6.07, 6.45) is 3.56. The number of likely N-dealkylation sites (tertiary alicyclic amines) is 1. The molecule has 0 bridgehead atoms. The van der Waals surface area contributed by atoms with Gasteiger partial charge in [0, 0.05) is 25.4 Å². The summed E-state index contributed by atoms with van der Waals surface area (Å²) in [4.78, 5) is 15.7. The number of rotatable bonds is 6. The van der Waals surface area contributed by atoms with Crippen LogP contribution in [0, 0.1) is 0 Å². The topological polar surface area (TPSA) is 68.6 Å². The second-order valence-electron chi connectivity index (χ2n) is 7.47. The van der Waals surface area contributed by atoms with E-state index in [0.717, 1.165) is 29.9 Å². The first-order chi connectivity index (χ1) is 14.5. The van der Waals surface area contributed by atoms with Crippen molar-refractivity contribution in [3.8, 4) is 0 Å². The number of nitrogens with one attached hydrogen (secondary N) is 1. The third-order valence-electron chi connectivity index (χ3n) is 5.55. The minimum absolute atomic E-state index is 0.0152.